The topological polar surface area (TPSA) is 23.5 Å². The number of aliphatic hydroxyl groups is 1. The maximum Gasteiger partial charge on any atom is 0.126 e. The highest BCUT2D eigenvalue weighted by Gasteiger charge is 2.17. The van der Waals surface area contributed by atoms with Crippen LogP contribution in [-0.4, -0.2) is 18.2 Å². The van der Waals surface area contributed by atoms with E-state index in [0.717, 1.165) is 12.1 Å². The summed E-state index contributed by atoms with van der Waals surface area (Å²) in [5, 5.41) is 9.73. The van der Waals surface area contributed by atoms with Crippen molar-refractivity contribution in [1.29, 1.82) is 0 Å². The molecule has 1 rings (SSSR count). The van der Waals surface area contributed by atoms with E-state index in [2.05, 4.69) is 18.7 Å². The summed E-state index contributed by atoms with van der Waals surface area (Å²) in [5.74, 6) is -0.262. The molecule has 0 saturated heterocycles. The van der Waals surface area contributed by atoms with Gasteiger partial charge in [0.05, 0.1) is 6.10 Å². The molecular formula is C14H22FNO. The van der Waals surface area contributed by atoms with Crippen LogP contribution in [0.25, 0.3) is 0 Å². The molecular weight excluding hydrogens is 217 g/mol. The lowest BCUT2D eigenvalue weighted by Crippen LogP contribution is -2.29. The first-order valence-corrected chi connectivity index (χ1v) is 6.09. The molecule has 0 bridgehead atoms. The number of aliphatic hydroxyl groups excluding tert-OH is 1. The van der Waals surface area contributed by atoms with Crippen LogP contribution in [0.5, 0.6) is 0 Å². The second-order valence-corrected chi connectivity index (χ2v) is 4.70. The predicted molar refractivity (Wildman–Crippen MR) is 69.9 cm³/mol. The minimum absolute atomic E-state index is 0.262. The SMILES string of the molecule is CCC(C)N(C)c1cc(C)c(F)cc1[C@H](C)O. The van der Waals surface area contributed by atoms with E-state index in [0.29, 0.717) is 17.2 Å². The van der Waals surface area contributed by atoms with Crippen LogP contribution in [0.4, 0.5) is 10.1 Å². The van der Waals surface area contributed by atoms with Gasteiger partial charge in [-0.25, -0.2) is 4.39 Å². The summed E-state index contributed by atoms with van der Waals surface area (Å²) in [6.45, 7) is 7.64. The van der Waals surface area contributed by atoms with E-state index in [1.165, 1.54) is 6.07 Å². The van der Waals surface area contributed by atoms with Crippen molar-refractivity contribution in [2.24, 2.45) is 0 Å². The number of benzene rings is 1. The molecule has 2 atom stereocenters. The second-order valence-electron chi connectivity index (χ2n) is 4.70. The molecule has 0 saturated carbocycles. The Morgan fingerprint density at radius 3 is 2.41 bits per heavy atom. The molecule has 96 valence electrons. The fourth-order valence-corrected chi connectivity index (χ4v) is 1.83. The average molecular weight is 239 g/mol. The molecule has 0 fully saturated rings. The molecule has 0 aliphatic heterocycles. The first-order chi connectivity index (χ1) is 7.88. The Labute approximate surface area is 103 Å². The van der Waals surface area contributed by atoms with Crippen LogP contribution in [0.2, 0.25) is 0 Å². The molecule has 3 heteroatoms. The molecule has 0 heterocycles. The maximum absolute atomic E-state index is 13.5. The molecule has 0 spiro atoms. The number of hydrogen-bond donors (Lipinski definition) is 1. The Balaban J connectivity index is 3.25. The Hall–Kier alpha value is -1.09. The van der Waals surface area contributed by atoms with Crippen molar-refractivity contribution in [2.75, 3.05) is 11.9 Å². The van der Waals surface area contributed by atoms with Gasteiger partial charge in [0.1, 0.15) is 5.82 Å². The minimum Gasteiger partial charge on any atom is -0.389 e. The Morgan fingerprint density at radius 1 is 1.35 bits per heavy atom. The van der Waals surface area contributed by atoms with Crippen LogP contribution in [0.3, 0.4) is 0 Å². The Kier molecular flexibility index (Phi) is 4.52. The lowest BCUT2D eigenvalue weighted by Gasteiger charge is -2.29. The van der Waals surface area contributed by atoms with Crippen LogP contribution in [0, 0.1) is 12.7 Å². The van der Waals surface area contributed by atoms with Crippen molar-refractivity contribution in [1.82, 2.24) is 0 Å². The fraction of sp³-hybridized carbons (Fsp3) is 0.571. The van der Waals surface area contributed by atoms with E-state index in [4.69, 9.17) is 0 Å². The van der Waals surface area contributed by atoms with Crippen molar-refractivity contribution in [3.63, 3.8) is 0 Å². The quantitative estimate of drug-likeness (QED) is 0.870. The van der Waals surface area contributed by atoms with E-state index < -0.39 is 6.10 Å². The summed E-state index contributed by atoms with van der Waals surface area (Å²) < 4.78 is 13.5. The highest BCUT2D eigenvalue weighted by atomic mass is 19.1. The third-order valence-corrected chi connectivity index (χ3v) is 3.39. The van der Waals surface area contributed by atoms with E-state index in [-0.39, 0.29) is 5.82 Å². The van der Waals surface area contributed by atoms with Crippen LogP contribution >= 0.6 is 0 Å². The van der Waals surface area contributed by atoms with Gasteiger partial charge in [-0.15, -0.1) is 0 Å². The largest absolute Gasteiger partial charge is 0.389 e. The molecule has 0 aromatic heterocycles. The lowest BCUT2D eigenvalue weighted by molar-refractivity contribution is 0.199. The van der Waals surface area contributed by atoms with Gasteiger partial charge >= 0.3 is 0 Å². The predicted octanol–water partition coefficient (Wildman–Crippen LogP) is 3.42. The van der Waals surface area contributed by atoms with Gasteiger partial charge in [0, 0.05) is 24.3 Å². The van der Waals surface area contributed by atoms with E-state index in [9.17, 15) is 9.50 Å². The number of aryl methyl sites for hydroxylation is 1. The summed E-state index contributed by atoms with van der Waals surface area (Å²) in [6.07, 6.45) is 0.346. The summed E-state index contributed by atoms with van der Waals surface area (Å²) in [6, 6.07) is 3.61. The molecule has 1 unspecified atom stereocenters. The van der Waals surface area contributed by atoms with E-state index >= 15 is 0 Å². The molecule has 0 aliphatic rings. The Bertz CT molecular complexity index is 390. The maximum atomic E-state index is 13.5. The van der Waals surface area contributed by atoms with Gasteiger partial charge in [-0.05, 0) is 44.9 Å². The molecule has 0 aliphatic carbocycles. The van der Waals surface area contributed by atoms with Gasteiger partial charge in [0.25, 0.3) is 0 Å². The molecule has 1 aromatic carbocycles. The number of rotatable bonds is 4. The van der Waals surface area contributed by atoms with Gasteiger partial charge in [0.15, 0.2) is 0 Å². The zero-order chi connectivity index (χ0) is 13.2. The fourth-order valence-electron chi connectivity index (χ4n) is 1.83. The summed E-state index contributed by atoms with van der Waals surface area (Å²) in [4.78, 5) is 2.09. The highest BCUT2D eigenvalue weighted by Crippen LogP contribution is 2.30. The first-order valence-electron chi connectivity index (χ1n) is 6.09. The van der Waals surface area contributed by atoms with Crippen molar-refractivity contribution < 1.29 is 9.50 Å². The van der Waals surface area contributed by atoms with Crippen LogP contribution in [0.15, 0.2) is 12.1 Å². The monoisotopic (exact) mass is 239 g/mol. The average Bonchev–Trinajstić information content (AvgIpc) is 2.29. The van der Waals surface area contributed by atoms with E-state index in [1.54, 1.807) is 13.8 Å². The van der Waals surface area contributed by atoms with Crippen molar-refractivity contribution in [3.8, 4) is 0 Å². The van der Waals surface area contributed by atoms with Gasteiger partial charge < -0.3 is 10.0 Å². The molecule has 1 N–H and O–H groups in total. The van der Waals surface area contributed by atoms with Gasteiger partial charge in [-0.1, -0.05) is 6.92 Å². The lowest BCUT2D eigenvalue weighted by atomic mass is 10.0. The summed E-state index contributed by atoms with van der Waals surface area (Å²) in [7, 11) is 1.98. The number of halogens is 1. The molecule has 0 radical (unpaired) electrons. The minimum atomic E-state index is -0.661. The van der Waals surface area contributed by atoms with Crippen LogP contribution in [-0.2, 0) is 0 Å². The first kappa shape index (κ1) is 14.0. The number of nitrogens with zero attached hydrogens (tertiary/aromatic N) is 1. The summed E-state index contributed by atoms with van der Waals surface area (Å²) in [5.41, 5.74) is 2.17. The molecule has 2 nitrogen and oxygen atoms in total. The van der Waals surface area contributed by atoms with Crippen LogP contribution in [0.1, 0.15) is 44.4 Å². The van der Waals surface area contributed by atoms with Crippen LogP contribution < -0.4 is 4.90 Å². The third-order valence-electron chi connectivity index (χ3n) is 3.39. The number of hydrogen-bond acceptors (Lipinski definition) is 2. The van der Waals surface area contributed by atoms with Crippen molar-refractivity contribution in [3.05, 3.63) is 29.1 Å². The highest BCUT2D eigenvalue weighted by molar-refractivity contribution is 5.56. The summed E-state index contributed by atoms with van der Waals surface area (Å²) >= 11 is 0. The third kappa shape index (κ3) is 2.97. The van der Waals surface area contributed by atoms with Crippen molar-refractivity contribution >= 4 is 5.69 Å². The molecule has 17 heavy (non-hydrogen) atoms. The zero-order valence-corrected chi connectivity index (χ0v) is 11.3. The zero-order valence-electron chi connectivity index (χ0n) is 11.3. The standard InChI is InChI=1S/C14H22FNO/c1-6-10(3)16(5)14-7-9(2)13(15)8-12(14)11(4)17/h7-8,10-11,17H,6H2,1-5H3/t10?,11-/m0/s1. The van der Waals surface area contributed by atoms with E-state index in [1.807, 2.05) is 13.1 Å². The molecule has 1 aromatic rings. The normalized spacial score (nSPS) is 14.5. The number of anilines is 1. The molecule has 0 amide bonds. The second kappa shape index (κ2) is 5.50. The van der Waals surface area contributed by atoms with Crippen molar-refractivity contribution in [2.45, 2.75) is 46.3 Å². The van der Waals surface area contributed by atoms with Gasteiger partial charge in [0.2, 0.25) is 0 Å². The smallest absolute Gasteiger partial charge is 0.126 e. The van der Waals surface area contributed by atoms with Gasteiger partial charge in [-0.2, -0.15) is 0 Å². The van der Waals surface area contributed by atoms with Gasteiger partial charge in [-0.3, -0.25) is 0 Å². The Morgan fingerprint density at radius 2 is 1.94 bits per heavy atom.